The van der Waals surface area contributed by atoms with Crippen molar-refractivity contribution < 1.29 is 24.2 Å². The van der Waals surface area contributed by atoms with Crippen molar-refractivity contribution in [2.45, 2.75) is 92.5 Å². The van der Waals surface area contributed by atoms with Crippen LogP contribution in [0.1, 0.15) is 74.1 Å². The van der Waals surface area contributed by atoms with Crippen molar-refractivity contribution in [3.63, 3.8) is 0 Å². The lowest BCUT2D eigenvalue weighted by Crippen LogP contribution is -2.43. The van der Waals surface area contributed by atoms with Gasteiger partial charge in [-0.15, -0.1) is 0 Å². The lowest BCUT2D eigenvalue weighted by atomic mass is 9.64. The monoisotopic (exact) mass is 420 g/mol. The smallest absolute Gasteiger partial charge is 0.311 e. The molecule has 5 heteroatoms. The third-order valence-corrected chi connectivity index (χ3v) is 6.52. The van der Waals surface area contributed by atoms with E-state index >= 15 is 0 Å². The first-order valence-electron chi connectivity index (χ1n) is 11.3. The standard InChI is InChI=1S/C25H40O5/c1-15(2)19-12-11-16(3)20-13-18(27)9-8-10-22(29-17(4)26)23(14-21(19)20)30-24(28)25(5,6)7/h8,10-11,15,18-23,27H,9,12-14H2,1-7H3/t18-,19-,20+,21-,22+,23+/m1/s1. The highest BCUT2D eigenvalue weighted by atomic mass is 16.6. The minimum Gasteiger partial charge on any atom is -0.458 e. The molecular weight excluding hydrogens is 380 g/mol. The summed E-state index contributed by atoms with van der Waals surface area (Å²) in [6.07, 6.45) is 7.05. The van der Waals surface area contributed by atoms with Crippen LogP contribution >= 0.6 is 0 Å². The number of fused-ring (bicyclic) bond motifs is 1. The van der Waals surface area contributed by atoms with Crippen molar-refractivity contribution in [3.05, 3.63) is 23.8 Å². The van der Waals surface area contributed by atoms with Gasteiger partial charge in [0.05, 0.1) is 11.5 Å². The molecule has 0 saturated heterocycles. The Balaban J connectivity index is 2.47. The van der Waals surface area contributed by atoms with E-state index in [9.17, 15) is 14.7 Å². The number of carbonyl (C=O) groups excluding carboxylic acids is 2. The first-order valence-corrected chi connectivity index (χ1v) is 11.3. The molecule has 0 amide bonds. The molecule has 0 aromatic rings. The minimum absolute atomic E-state index is 0.224. The second-order valence-corrected chi connectivity index (χ2v) is 10.4. The molecule has 0 radical (unpaired) electrons. The molecule has 2 aliphatic rings. The Bertz CT molecular complexity index is 670. The van der Waals surface area contributed by atoms with Crippen LogP contribution in [0.3, 0.4) is 0 Å². The summed E-state index contributed by atoms with van der Waals surface area (Å²) >= 11 is 0. The van der Waals surface area contributed by atoms with Crippen LogP contribution < -0.4 is 0 Å². The maximum absolute atomic E-state index is 12.8. The number of carbonyl (C=O) groups is 2. The Morgan fingerprint density at radius 1 is 1.13 bits per heavy atom. The summed E-state index contributed by atoms with van der Waals surface area (Å²) < 4.78 is 11.6. The van der Waals surface area contributed by atoms with Crippen molar-refractivity contribution in [1.82, 2.24) is 0 Å². The molecule has 0 aromatic heterocycles. The topological polar surface area (TPSA) is 72.8 Å². The number of ether oxygens (including phenoxy) is 2. The summed E-state index contributed by atoms with van der Waals surface area (Å²) in [5, 5.41) is 10.6. The van der Waals surface area contributed by atoms with Gasteiger partial charge in [-0.2, -0.15) is 0 Å². The lowest BCUT2D eigenvalue weighted by molar-refractivity contribution is -0.172. The third-order valence-electron chi connectivity index (χ3n) is 6.52. The van der Waals surface area contributed by atoms with Gasteiger partial charge in [-0.3, -0.25) is 9.59 Å². The summed E-state index contributed by atoms with van der Waals surface area (Å²) in [5.74, 6) is 0.645. The average molecular weight is 421 g/mol. The number of aliphatic hydroxyl groups excluding tert-OH is 1. The van der Waals surface area contributed by atoms with E-state index in [4.69, 9.17) is 9.47 Å². The van der Waals surface area contributed by atoms with Gasteiger partial charge in [0, 0.05) is 6.92 Å². The van der Waals surface area contributed by atoms with Crippen molar-refractivity contribution in [3.8, 4) is 0 Å². The van der Waals surface area contributed by atoms with Gasteiger partial charge in [0.15, 0.2) is 6.10 Å². The molecule has 0 fully saturated rings. The first kappa shape index (κ1) is 24.6. The third kappa shape index (κ3) is 6.44. The Hall–Kier alpha value is -1.62. The predicted octanol–water partition coefficient (Wildman–Crippen LogP) is 4.83. The first-order chi connectivity index (χ1) is 13.9. The number of hydrogen-bond acceptors (Lipinski definition) is 5. The molecule has 0 saturated carbocycles. The zero-order valence-corrected chi connectivity index (χ0v) is 19.7. The van der Waals surface area contributed by atoms with Crippen LogP contribution in [0.15, 0.2) is 23.8 Å². The van der Waals surface area contributed by atoms with Crippen LogP contribution in [0.2, 0.25) is 0 Å². The van der Waals surface area contributed by atoms with E-state index in [0.29, 0.717) is 31.1 Å². The van der Waals surface area contributed by atoms with Crippen molar-refractivity contribution in [2.24, 2.45) is 29.1 Å². The highest BCUT2D eigenvalue weighted by molar-refractivity contribution is 5.75. The Morgan fingerprint density at radius 2 is 1.80 bits per heavy atom. The van der Waals surface area contributed by atoms with Gasteiger partial charge in [0.2, 0.25) is 0 Å². The van der Waals surface area contributed by atoms with Gasteiger partial charge in [-0.25, -0.2) is 0 Å². The van der Waals surface area contributed by atoms with E-state index in [2.05, 4.69) is 26.8 Å². The molecule has 0 spiro atoms. The van der Waals surface area contributed by atoms with Crippen LogP contribution in [0.4, 0.5) is 0 Å². The average Bonchev–Trinajstić information content (AvgIpc) is 2.61. The largest absolute Gasteiger partial charge is 0.458 e. The van der Waals surface area contributed by atoms with E-state index in [1.165, 1.54) is 12.5 Å². The number of esters is 2. The van der Waals surface area contributed by atoms with Crippen LogP contribution in [-0.2, 0) is 19.1 Å². The molecule has 0 aliphatic heterocycles. The lowest BCUT2D eigenvalue weighted by Gasteiger charge is -2.43. The number of allylic oxidation sites excluding steroid dienone is 2. The summed E-state index contributed by atoms with van der Waals surface area (Å²) in [4.78, 5) is 24.6. The fraction of sp³-hybridized carbons (Fsp3) is 0.760. The molecular formula is C25H40O5. The maximum atomic E-state index is 12.8. The van der Waals surface area contributed by atoms with E-state index in [1.54, 1.807) is 6.08 Å². The van der Waals surface area contributed by atoms with Crippen LogP contribution in [-0.4, -0.2) is 35.4 Å². The molecule has 2 rings (SSSR count). The Morgan fingerprint density at radius 3 is 2.37 bits per heavy atom. The number of rotatable bonds is 3. The predicted molar refractivity (Wildman–Crippen MR) is 118 cm³/mol. The van der Waals surface area contributed by atoms with E-state index in [-0.39, 0.29) is 17.8 Å². The molecule has 0 bridgehead atoms. The number of aliphatic hydroxyl groups is 1. The maximum Gasteiger partial charge on any atom is 0.311 e. The quantitative estimate of drug-likeness (QED) is 0.523. The molecule has 6 atom stereocenters. The van der Waals surface area contributed by atoms with Crippen molar-refractivity contribution >= 4 is 11.9 Å². The van der Waals surface area contributed by atoms with Gasteiger partial charge in [-0.1, -0.05) is 31.6 Å². The van der Waals surface area contributed by atoms with Crippen molar-refractivity contribution in [2.75, 3.05) is 0 Å². The summed E-state index contributed by atoms with van der Waals surface area (Å²) in [6, 6.07) is 0. The molecule has 2 aliphatic carbocycles. The normalized spacial score (nSPS) is 32.8. The van der Waals surface area contributed by atoms with Crippen LogP contribution in [0, 0.1) is 29.1 Å². The highest BCUT2D eigenvalue weighted by Gasteiger charge is 2.41. The molecule has 30 heavy (non-hydrogen) atoms. The molecule has 0 aromatic carbocycles. The fourth-order valence-electron chi connectivity index (χ4n) is 4.77. The molecule has 0 heterocycles. The summed E-state index contributed by atoms with van der Waals surface area (Å²) in [5.41, 5.74) is 0.653. The van der Waals surface area contributed by atoms with Crippen LogP contribution in [0.25, 0.3) is 0 Å². The summed E-state index contributed by atoms with van der Waals surface area (Å²) in [6.45, 7) is 13.5. The Kier molecular flexibility index (Phi) is 8.32. The van der Waals surface area contributed by atoms with Gasteiger partial charge in [0.1, 0.15) is 6.10 Å². The van der Waals surface area contributed by atoms with Gasteiger partial charge in [-0.05, 0) is 83.1 Å². The van der Waals surface area contributed by atoms with E-state index < -0.39 is 29.7 Å². The molecule has 170 valence electrons. The second kappa shape index (κ2) is 10.1. The SMILES string of the molecule is CC(=O)O[C@H]1C=CC[C@@H](O)C[C@H]2C(C)=CC[C@H](C(C)C)[C@H]2C[C@@H]1OC(=O)C(C)(C)C. The van der Waals surface area contributed by atoms with Gasteiger partial charge >= 0.3 is 11.9 Å². The van der Waals surface area contributed by atoms with E-state index in [1.807, 2.05) is 26.8 Å². The second-order valence-electron chi connectivity index (χ2n) is 10.4. The molecule has 1 N–H and O–H groups in total. The fourth-order valence-corrected chi connectivity index (χ4v) is 4.77. The zero-order chi connectivity index (χ0) is 22.6. The minimum atomic E-state index is -0.654. The van der Waals surface area contributed by atoms with Gasteiger partial charge in [0.25, 0.3) is 0 Å². The number of hydrogen-bond donors (Lipinski definition) is 1. The molecule has 0 unspecified atom stereocenters. The van der Waals surface area contributed by atoms with Gasteiger partial charge < -0.3 is 14.6 Å². The zero-order valence-electron chi connectivity index (χ0n) is 19.7. The highest BCUT2D eigenvalue weighted by Crippen LogP contribution is 2.45. The van der Waals surface area contributed by atoms with E-state index in [0.717, 1.165) is 6.42 Å². The summed E-state index contributed by atoms with van der Waals surface area (Å²) in [7, 11) is 0. The Labute approximate surface area is 181 Å². The van der Waals surface area contributed by atoms with Crippen LogP contribution in [0.5, 0.6) is 0 Å². The van der Waals surface area contributed by atoms with Crippen molar-refractivity contribution in [1.29, 1.82) is 0 Å². The molecule has 5 nitrogen and oxygen atoms in total.